The maximum Gasteiger partial charge on any atom is 0.228 e. The average molecular weight is 293 g/mol. The lowest BCUT2D eigenvalue weighted by atomic mass is 10.1. The molecule has 1 amide bonds. The predicted molar refractivity (Wildman–Crippen MR) is 89.2 cm³/mol. The number of hydrogen-bond donors (Lipinski definition) is 2. The summed E-state index contributed by atoms with van der Waals surface area (Å²) < 4.78 is 0. The Morgan fingerprint density at radius 2 is 2.00 bits per heavy atom. The molecule has 2 aromatic rings. The highest BCUT2D eigenvalue weighted by molar-refractivity contribution is 6.01. The third-order valence-corrected chi connectivity index (χ3v) is 3.52. The minimum absolute atomic E-state index is 0.0121. The van der Waals surface area contributed by atoms with Crippen LogP contribution in [0.25, 0.3) is 0 Å². The van der Waals surface area contributed by atoms with Gasteiger partial charge in [-0.1, -0.05) is 42.5 Å². The van der Waals surface area contributed by atoms with Crippen LogP contribution in [-0.2, 0) is 11.2 Å². The predicted octanol–water partition coefficient (Wildman–Crippen LogP) is 2.61. The first kappa shape index (κ1) is 14.3. The van der Waals surface area contributed by atoms with E-state index in [0.717, 1.165) is 42.2 Å². The van der Waals surface area contributed by atoms with Gasteiger partial charge in [0.15, 0.2) is 0 Å². The monoisotopic (exact) mass is 293 g/mol. The molecule has 0 aromatic heterocycles. The van der Waals surface area contributed by atoms with Crippen LogP contribution in [0.4, 0.5) is 5.69 Å². The fourth-order valence-corrected chi connectivity index (χ4v) is 2.46. The molecular weight excluding hydrogens is 274 g/mol. The van der Waals surface area contributed by atoms with E-state index in [4.69, 9.17) is 0 Å². The Hall–Kier alpha value is -2.62. The first-order valence-corrected chi connectivity index (χ1v) is 7.54. The van der Waals surface area contributed by atoms with Gasteiger partial charge in [-0.25, -0.2) is 0 Å². The zero-order chi connectivity index (χ0) is 15.2. The normalized spacial score (nSPS) is 13.9. The molecule has 1 aliphatic rings. The summed E-state index contributed by atoms with van der Waals surface area (Å²) in [7, 11) is 0. The zero-order valence-corrected chi connectivity index (χ0v) is 12.4. The van der Waals surface area contributed by atoms with Crippen molar-refractivity contribution >= 4 is 17.4 Å². The third-order valence-electron chi connectivity index (χ3n) is 3.52. The lowest BCUT2D eigenvalue weighted by Gasteiger charge is -2.15. The van der Waals surface area contributed by atoms with Gasteiger partial charge >= 0.3 is 0 Å². The van der Waals surface area contributed by atoms with Gasteiger partial charge in [-0.15, -0.1) is 0 Å². The van der Waals surface area contributed by atoms with E-state index < -0.39 is 0 Å². The maximum absolute atomic E-state index is 12.1. The van der Waals surface area contributed by atoms with Gasteiger partial charge in [-0.05, 0) is 24.1 Å². The van der Waals surface area contributed by atoms with E-state index in [1.54, 1.807) is 0 Å². The number of carbonyl (C=O) groups excluding carboxylic acids is 1. The van der Waals surface area contributed by atoms with E-state index >= 15 is 0 Å². The third kappa shape index (κ3) is 3.73. The average Bonchev–Trinajstić information content (AvgIpc) is 2.57. The minimum Gasteiger partial charge on any atom is -0.370 e. The van der Waals surface area contributed by atoms with Crippen LogP contribution in [0.2, 0.25) is 0 Å². The van der Waals surface area contributed by atoms with Crippen molar-refractivity contribution < 1.29 is 4.79 Å². The van der Waals surface area contributed by atoms with Crippen LogP contribution in [0, 0.1) is 0 Å². The van der Waals surface area contributed by atoms with Crippen molar-refractivity contribution in [3.63, 3.8) is 0 Å². The van der Waals surface area contributed by atoms with Gasteiger partial charge in [0.1, 0.15) is 5.84 Å². The summed E-state index contributed by atoms with van der Waals surface area (Å²) in [4.78, 5) is 16.6. The standard InChI is InChI=1S/C18H19N3O/c22-17(12-14-6-2-1-3-7-14)21-16-9-4-8-15(13-16)18-19-10-5-11-20-18/h1-4,6-9,13H,5,10-12H2,(H,19,20)(H,21,22). The smallest absolute Gasteiger partial charge is 0.228 e. The van der Waals surface area contributed by atoms with E-state index in [2.05, 4.69) is 15.6 Å². The number of hydrogen-bond acceptors (Lipinski definition) is 3. The summed E-state index contributed by atoms with van der Waals surface area (Å²) in [6, 6.07) is 17.5. The molecule has 4 heteroatoms. The SMILES string of the molecule is O=C(Cc1ccccc1)Nc1cccc(C2=NCCCN2)c1. The summed E-state index contributed by atoms with van der Waals surface area (Å²) in [6.45, 7) is 1.80. The van der Waals surface area contributed by atoms with E-state index in [0.29, 0.717) is 6.42 Å². The largest absolute Gasteiger partial charge is 0.370 e. The first-order chi connectivity index (χ1) is 10.8. The van der Waals surface area contributed by atoms with Gasteiger partial charge in [0.05, 0.1) is 6.42 Å². The Bertz CT molecular complexity index is 680. The van der Waals surface area contributed by atoms with Gasteiger partial charge in [0.25, 0.3) is 0 Å². The summed E-state index contributed by atoms with van der Waals surface area (Å²) >= 11 is 0. The second kappa shape index (κ2) is 6.89. The molecule has 0 radical (unpaired) electrons. The lowest BCUT2D eigenvalue weighted by molar-refractivity contribution is -0.115. The number of rotatable bonds is 4. The van der Waals surface area contributed by atoms with Crippen molar-refractivity contribution in [3.8, 4) is 0 Å². The molecule has 1 aliphatic heterocycles. The maximum atomic E-state index is 12.1. The van der Waals surface area contributed by atoms with Crippen molar-refractivity contribution in [1.82, 2.24) is 5.32 Å². The molecule has 1 heterocycles. The summed E-state index contributed by atoms with van der Waals surface area (Å²) in [5.74, 6) is 0.896. The van der Waals surface area contributed by atoms with E-state index in [9.17, 15) is 4.79 Å². The molecule has 0 aliphatic carbocycles. The van der Waals surface area contributed by atoms with Crippen molar-refractivity contribution in [1.29, 1.82) is 0 Å². The number of amides is 1. The molecule has 0 saturated heterocycles. The second-order valence-electron chi connectivity index (χ2n) is 5.30. The van der Waals surface area contributed by atoms with Crippen LogP contribution >= 0.6 is 0 Å². The van der Waals surface area contributed by atoms with E-state index in [-0.39, 0.29) is 5.91 Å². The van der Waals surface area contributed by atoms with Gasteiger partial charge in [0.2, 0.25) is 5.91 Å². The Morgan fingerprint density at radius 3 is 2.77 bits per heavy atom. The molecular formula is C18H19N3O. The fraction of sp³-hybridized carbons (Fsp3) is 0.222. The first-order valence-electron chi connectivity index (χ1n) is 7.54. The lowest BCUT2D eigenvalue weighted by Crippen LogP contribution is -2.30. The molecule has 2 aromatic carbocycles. The number of carbonyl (C=O) groups is 1. The second-order valence-corrected chi connectivity index (χ2v) is 5.30. The number of anilines is 1. The van der Waals surface area contributed by atoms with Crippen LogP contribution in [0.3, 0.4) is 0 Å². The van der Waals surface area contributed by atoms with Crippen molar-refractivity contribution in [3.05, 3.63) is 65.7 Å². The molecule has 0 fully saturated rings. The highest BCUT2D eigenvalue weighted by Gasteiger charge is 2.09. The minimum atomic E-state index is -0.0121. The zero-order valence-electron chi connectivity index (χ0n) is 12.4. The van der Waals surface area contributed by atoms with Crippen LogP contribution < -0.4 is 10.6 Å². The number of nitrogens with one attached hydrogen (secondary N) is 2. The van der Waals surface area contributed by atoms with Crippen molar-refractivity contribution in [2.24, 2.45) is 4.99 Å². The highest BCUT2D eigenvalue weighted by Crippen LogP contribution is 2.13. The molecule has 3 rings (SSSR count). The number of benzene rings is 2. The number of aliphatic imine (C=N–C) groups is 1. The Morgan fingerprint density at radius 1 is 1.14 bits per heavy atom. The molecule has 0 saturated carbocycles. The van der Waals surface area contributed by atoms with Crippen LogP contribution in [0.15, 0.2) is 59.6 Å². The molecule has 2 N–H and O–H groups in total. The molecule has 112 valence electrons. The quantitative estimate of drug-likeness (QED) is 0.910. The van der Waals surface area contributed by atoms with E-state index in [1.165, 1.54) is 0 Å². The molecule has 0 unspecified atom stereocenters. The number of amidine groups is 1. The van der Waals surface area contributed by atoms with Crippen LogP contribution in [-0.4, -0.2) is 24.8 Å². The molecule has 0 atom stereocenters. The Kier molecular flexibility index (Phi) is 4.49. The van der Waals surface area contributed by atoms with Crippen LogP contribution in [0.1, 0.15) is 17.5 Å². The number of nitrogens with zero attached hydrogens (tertiary/aromatic N) is 1. The van der Waals surface area contributed by atoms with Crippen LogP contribution in [0.5, 0.6) is 0 Å². The Labute approximate surface area is 130 Å². The van der Waals surface area contributed by atoms with Gasteiger partial charge in [-0.3, -0.25) is 9.79 Å². The molecule has 22 heavy (non-hydrogen) atoms. The van der Waals surface area contributed by atoms with Gasteiger partial charge in [0, 0.05) is 24.3 Å². The fourth-order valence-electron chi connectivity index (χ4n) is 2.46. The van der Waals surface area contributed by atoms with Gasteiger partial charge in [-0.2, -0.15) is 0 Å². The summed E-state index contributed by atoms with van der Waals surface area (Å²) in [6.07, 6.45) is 1.45. The van der Waals surface area contributed by atoms with E-state index in [1.807, 2.05) is 54.6 Å². The highest BCUT2D eigenvalue weighted by atomic mass is 16.1. The summed E-state index contributed by atoms with van der Waals surface area (Å²) in [5.41, 5.74) is 2.82. The topological polar surface area (TPSA) is 53.5 Å². The van der Waals surface area contributed by atoms with Crippen molar-refractivity contribution in [2.75, 3.05) is 18.4 Å². The summed E-state index contributed by atoms with van der Waals surface area (Å²) in [5, 5.41) is 6.24. The van der Waals surface area contributed by atoms with Crippen molar-refractivity contribution in [2.45, 2.75) is 12.8 Å². The Balaban J connectivity index is 1.67. The molecule has 4 nitrogen and oxygen atoms in total. The molecule has 0 bridgehead atoms. The molecule has 0 spiro atoms. The van der Waals surface area contributed by atoms with Gasteiger partial charge < -0.3 is 10.6 Å².